The largest absolute Gasteiger partial charge is 0.397 e. The van der Waals surface area contributed by atoms with Crippen LogP contribution in [0.15, 0.2) is 18.2 Å². The van der Waals surface area contributed by atoms with Gasteiger partial charge in [0.15, 0.2) is 0 Å². The molecular formula is C13H16N4O3. The molecule has 1 aliphatic rings. The van der Waals surface area contributed by atoms with Gasteiger partial charge in [-0.25, -0.2) is 0 Å². The normalized spacial score (nSPS) is 15.0. The minimum atomic E-state index is -0.367. The predicted octanol–water partition coefficient (Wildman–Crippen LogP) is -0.567. The molecule has 0 unspecified atom stereocenters. The minimum Gasteiger partial charge on any atom is -0.397 e. The van der Waals surface area contributed by atoms with Crippen molar-refractivity contribution in [1.82, 2.24) is 10.2 Å². The Kier molecular flexibility index (Phi) is 3.60. The Morgan fingerprint density at radius 2 is 1.85 bits per heavy atom. The lowest BCUT2D eigenvalue weighted by Gasteiger charge is -2.28. The fraction of sp³-hybridized carbons (Fsp3) is 0.308. The number of amides is 3. The minimum absolute atomic E-state index is 0.0664. The first-order chi connectivity index (χ1) is 9.38. The lowest BCUT2D eigenvalue weighted by atomic mass is 10.1. The van der Waals surface area contributed by atoms with E-state index in [1.807, 2.05) is 0 Å². The van der Waals surface area contributed by atoms with Crippen molar-refractivity contribution in [3.05, 3.63) is 23.8 Å². The zero-order valence-corrected chi connectivity index (χ0v) is 11.3. The molecular weight excluding hydrogens is 260 g/mol. The lowest BCUT2D eigenvalue weighted by Crippen LogP contribution is -2.51. The van der Waals surface area contributed by atoms with Gasteiger partial charge in [0.2, 0.25) is 11.8 Å². The highest BCUT2D eigenvalue weighted by molar-refractivity contribution is 6.03. The van der Waals surface area contributed by atoms with Crippen LogP contribution in [-0.4, -0.2) is 49.8 Å². The van der Waals surface area contributed by atoms with Gasteiger partial charge in [-0.1, -0.05) is 0 Å². The summed E-state index contributed by atoms with van der Waals surface area (Å²) >= 11 is 0. The molecule has 0 aromatic heterocycles. The van der Waals surface area contributed by atoms with Crippen molar-refractivity contribution in [2.75, 3.05) is 37.8 Å². The third kappa shape index (κ3) is 2.71. The van der Waals surface area contributed by atoms with E-state index in [1.165, 1.54) is 4.90 Å². The van der Waals surface area contributed by atoms with Crippen LogP contribution in [0.25, 0.3) is 0 Å². The molecule has 0 spiro atoms. The highest BCUT2D eigenvalue weighted by Gasteiger charge is 2.24. The van der Waals surface area contributed by atoms with Crippen molar-refractivity contribution < 1.29 is 14.4 Å². The summed E-state index contributed by atoms with van der Waals surface area (Å²) in [6.07, 6.45) is 0. The van der Waals surface area contributed by atoms with Crippen LogP contribution in [0.3, 0.4) is 0 Å². The van der Waals surface area contributed by atoms with E-state index in [0.717, 1.165) is 0 Å². The van der Waals surface area contributed by atoms with Crippen LogP contribution in [0.2, 0.25) is 0 Å². The second-order valence-electron chi connectivity index (χ2n) is 4.80. The monoisotopic (exact) mass is 276 g/mol. The van der Waals surface area contributed by atoms with Crippen LogP contribution in [0.4, 0.5) is 11.4 Å². The maximum atomic E-state index is 11.8. The number of hydrogen-bond donors (Lipinski definition) is 2. The zero-order valence-electron chi connectivity index (χ0n) is 11.3. The van der Waals surface area contributed by atoms with Crippen molar-refractivity contribution in [1.29, 1.82) is 0 Å². The van der Waals surface area contributed by atoms with Crippen molar-refractivity contribution in [3.8, 4) is 0 Å². The van der Waals surface area contributed by atoms with Crippen molar-refractivity contribution in [2.45, 2.75) is 0 Å². The summed E-state index contributed by atoms with van der Waals surface area (Å²) in [7, 11) is 3.31. The van der Waals surface area contributed by atoms with Crippen molar-refractivity contribution >= 4 is 29.1 Å². The number of hydrogen-bond acceptors (Lipinski definition) is 5. The molecule has 1 aromatic carbocycles. The Balaban J connectivity index is 2.28. The van der Waals surface area contributed by atoms with Gasteiger partial charge in [-0.05, 0) is 18.2 Å². The van der Waals surface area contributed by atoms with Crippen LogP contribution in [0.1, 0.15) is 10.4 Å². The van der Waals surface area contributed by atoms with Gasteiger partial charge in [0, 0.05) is 19.7 Å². The summed E-state index contributed by atoms with van der Waals surface area (Å²) < 4.78 is 0. The van der Waals surface area contributed by atoms with Gasteiger partial charge in [0.1, 0.15) is 0 Å². The number of benzene rings is 1. The van der Waals surface area contributed by atoms with E-state index in [9.17, 15) is 14.4 Å². The fourth-order valence-electron chi connectivity index (χ4n) is 2.04. The Morgan fingerprint density at radius 1 is 1.25 bits per heavy atom. The molecule has 1 fully saturated rings. The van der Waals surface area contributed by atoms with Crippen LogP contribution in [-0.2, 0) is 9.59 Å². The van der Waals surface area contributed by atoms with Crippen LogP contribution in [0, 0.1) is 0 Å². The molecule has 0 atom stereocenters. The number of piperazine rings is 1. The van der Waals surface area contributed by atoms with E-state index in [4.69, 9.17) is 5.73 Å². The van der Waals surface area contributed by atoms with Crippen LogP contribution in [0.5, 0.6) is 0 Å². The van der Waals surface area contributed by atoms with E-state index in [-0.39, 0.29) is 30.8 Å². The van der Waals surface area contributed by atoms with Crippen LogP contribution < -0.4 is 16.0 Å². The van der Waals surface area contributed by atoms with Crippen molar-refractivity contribution in [3.63, 3.8) is 0 Å². The number of rotatable bonds is 2. The van der Waals surface area contributed by atoms with Gasteiger partial charge in [-0.2, -0.15) is 0 Å². The summed E-state index contributed by atoms with van der Waals surface area (Å²) in [6.45, 7) is 0.133. The second-order valence-corrected chi connectivity index (χ2v) is 4.80. The second kappa shape index (κ2) is 5.20. The van der Waals surface area contributed by atoms with Gasteiger partial charge in [-0.15, -0.1) is 0 Å². The highest BCUT2D eigenvalue weighted by Crippen LogP contribution is 2.25. The molecule has 1 aliphatic heterocycles. The average molecular weight is 276 g/mol. The maximum Gasteiger partial charge on any atom is 0.253 e. The van der Waals surface area contributed by atoms with E-state index >= 15 is 0 Å². The standard InChI is InChI=1S/C13H16N4O3/c1-16(2)13(20)8-3-4-10(9(14)5-8)17-6-11(18)15-12(19)7-17/h3-5H,6-7,14H2,1-2H3,(H,15,18,19). The van der Waals surface area contributed by atoms with E-state index in [1.54, 1.807) is 37.2 Å². The van der Waals surface area contributed by atoms with Gasteiger partial charge in [0.25, 0.3) is 5.91 Å². The molecule has 1 aromatic rings. The van der Waals surface area contributed by atoms with Gasteiger partial charge < -0.3 is 15.5 Å². The summed E-state index contributed by atoms with van der Waals surface area (Å²) in [5.41, 5.74) is 7.32. The lowest BCUT2D eigenvalue weighted by molar-refractivity contribution is -0.130. The Hall–Kier alpha value is -2.57. The average Bonchev–Trinajstić information content (AvgIpc) is 2.36. The number of nitrogens with one attached hydrogen (secondary N) is 1. The molecule has 0 radical (unpaired) electrons. The smallest absolute Gasteiger partial charge is 0.253 e. The Labute approximate surface area is 116 Å². The first kappa shape index (κ1) is 13.9. The first-order valence-corrected chi connectivity index (χ1v) is 6.07. The zero-order chi connectivity index (χ0) is 14.9. The van der Waals surface area contributed by atoms with E-state index in [0.29, 0.717) is 16.9 Å². The Morgan fingerprint density at radius 3 is 2.35 bits per heavy atom. The summed E-state index contributed by atoms with van der Waals surface area (Å²) in [4.78, 5) is 37.6. The topological polar surface area (TPSA) is 95.7 Å². The number of nitrogens with zero attached hydrogens (tertiary/aromatic N) is 2. The molecule has 2 rings (SSSR count). The molecule has 7 nitrogen and oxygen atoms in total. The number of nitrogen functional groups attached to an aromatic ring is 1. The third-order valence-electron chi connectivity index (χ3n) is 2.97. The molecule has 0 aliphatic carbocycles. The summed E-state index contributed by atoms with van der Waals surface area (Å²) in [6, 6.07) is 4.83. The van der Waals surface area contributed by atoms with E-state index in [2.05, 4.69) is 5.32 Å². The summed E-state index contributed by atoms with van der Waals surface area (Å²) in [5.74, 6) is -0.890. The molecule has 1 heterocycles. The molecule has 0 saturated carbocycles. The van der Waals surface area contributed by atoms with Crippen molar-refractivity contribution in [2.24, 2.45) is 0 Å². The number of carbonyl (C=O) groups is 3. The molecule has 3 N–H and O–H groups in total. The Bertz CT molecular complexity index is 567. The molecule has 3 amide bonds. The van der Waals surface area contributed by atoms with Gasteiger partial charge in [-0.3, -0.25) is 19.7 Å². The van der Waals surface area contributed by atoms with E-state index < -0.39 is 0 Å². The number of nitrogens with two attached hydrogens (primary N) is 1. The molecule has 106 valence electrons. The van der Waals surface area contributed by atoms with Gasteiger partial charge >= 0.3 is 0 Å². The maximum absolute atomic E-state index is 11.8. The fourth-order valence-corrected chi connectivity index (χ4v) is 2.04. The quantitative estimate of drug-likeness (QED) is 0.557. The molecule has 1 saturated heterocycles. The molecule has 0 bridgehead atoms. The first-order valence-electron chi connectivity index (χ1n) is 6.07. The number of carbonyl (C=O) groups excluding carboxylic acids is 3. The SMILES string of the molecule is CN(C)C(=O)c1ccc(N2CC(=O)NC(=O)C2)c(N)c1. The third-order valence-corrected chi connectivity index (χ3v) is 2.97. The molecule has 7 heteroatoms. The predicted molar refractivity (Wildman–Crippen MR) is 74.2 cm³/mol. The highest BCUT2D eigenvalue weighted by atomic mass is 16.2. The molecule has 20 heavy (non-hydrogen) atoms. The van der Waals surface area contributed by atoms with Crippen LogP contribution >= 0.6 is 0 Å². The summed E-state index contributed by atoms with van der Waals surface area (Å²) in [5, 5.41) is 2.22. The number of anilines is 2. The number of imide groups is 1. The van der Waals surface area contributed by atoms with Gasteiger partial charge in [0.05, 0.1) is 24.5 Å².